The van der Waals surface area contributed by atoms with Gasteiger partial charge in [0.2, 0.25) is 11.8 Å². The molecule has 24 heavy (non-hydrogen) atoms. The fraction of sp³-hybridized carbons (Fsp3) is 0.467. The number of carbonyl (C=O) groups is 2. The molecule has 2 rings (SSSR count). The Hall–Kier alpha value is -2.13. The van der Waals surface area contributed by atoms with Gasteiger partial charge in [-0.15, -0.1) is 0 Å². The average Bonchev–Trinajstić information content (AvgIpc) is 2.45. The topological polar surface area (TPSA) is 84.7 Å². The van der Waals surface area contributed by atoms with Gasteiger partial charge >= 0.3 is 6.18 Å². The summed E-state index contributed by atoms with van der Waals surface area (Å²) in [5, 5.41) is 2.55. The Labute approximate surface area is 136 Å². The number of hydrogen-bond acceptors (Lipinski definition) is 4. The maximum Gasteiger partial charge on any atom is 0.401 e. The van der Waals surface area contributed by atoms with Crippen molar-refractivity contribution in [2.75, 3.05) is 31.6 Å². The minimum absolute atomic E-state index is 0.0250. The highest BCUT2D eigenvalue weighted by Gasteiger charge is 2.38. The van der Waals surface area contributed by atoms with Gasteiger partial charge in [0.1, 0.15) is 6.04 Å². The summed E-state index contributed by atoms with van der Waals surface area (Å²) in [7, 11) is 0. The minimum atomic E-state index is -4.39. The molecular formula is C15H18F3N3O3. The van der Waals surface area contributed by atoms with Gasteiger partial charge in [0, 0.05) is 17.8 Å². The van der Waals surface area contributed by atoms with E-state index in [1.165, 1.54) is 18.2 Å². The van der Waals surface area contributed by atoms with Crippen molar-refractivity contribution in [1.82, 2.24) is 4.90 Å². The Kier molecular flexibility index (Phi) is 5.45. The van der Waals surface area contributed by atoms with E-state index in [4.69, 9.17) is 10.5 Å². The maximum absolute atomic E-state index is 12.6. The van der Waals surface area contributed by atoms with E-state index in [0.29, 0.717) is 16.8 Å². The molecule has 9 heteroatoms. The van der Waals surface area contributed by atoms with Crippen LogP contribution in [0.3, 0.4) is 0 Å². The largest absolute Gasteiger partial charge is 0.401 e. The first-order valence-electron chi connectivity index (χ1n) is 7.27. The number of ether oxygens (including phenoxy) is 1. The van der Waals surface area contributed by atoms with Gasteiger partial charge in [-0.25, -0.2) is 0 Å². The Bertz CT molecular complexity index is 634. The average molecular weight is 345 g/mol. The highest BCUT2D eigenvalue weighted by atomic mass is 19.4. The standard InChI is InChI=1S/C15H18F3N3O3/c1-9-6-10(2-3-11(9)13(19)22)20-14(23)12-7-24-5-4-21(12)8-15(16,17)18/h2-3,6,12H,4-5,7-8H2,1H3,(H2,19,22)(H,20,23). The van der Waals surface area contributed by atoms with Gasteiger partial charge in [0.15, 0.2) is 0 Å². The second-order valence-electron chi connectivity index (χ2n) is 5.56. The lowest BCUT2D eigenvalue weighted by Gasteiger charge is -2.34. The van der Waals surface area contributed by atoms with Crippen LogP contribution < -0.4 is 11.1 Å². The monoisotopic (exact) mass is 345 g/mol. The van der Waals surface area contributed by atoms with Crippen molar-refractivity contribution in [2.24, 2.45) is 5.73 Å². The SMILES string of the molecule is Cc1cc(NC(=O)C2COCCN2CC(F)(F)F)ccc1C(N)=O. The van der Waals surface area contributed by atoms with Crippen LogP contribution in [0, 0.1) is 6.92 Å². The van der Waals surface area contributed by atoms with Crippen molar-refractivity contribution < 1.29 is 27.5 Å². The summed E-state index contributed by atoms with van der Waals surface area (Å²) in [6.07, 6.45) is -4.39. The molecule has 0 bridgehead atoms. The van der Waals surface area contributed by atoms with Crippen LogP contribution in [0.25, 0.3) is 0 Å². The highest BCUT2D eigenvalue weighted by molar-refractivity contribution is 5.97. The van der Waals surface area contributed by atoms with E-state index in [1.54, 1.807) is 6.92 Å². The predicted octanol–water partition coefficient (Wildman–Crippen LogP) is 1.30. The lowest BCUT2D eigenvalue weighted by atomic mass is 10.1. The van der Waals surface area contributed by atoms with Crippen LogP contribution in [-0.4, -0.2) is 55.2 Å². The fourth-order valence-electron chi connectivity index (χ4n) is 2.54. The molecule has 1 fully saturated rings. The summed E-state index contributed by atoms with van der Waals surface area (Å²) in [5.74, 6) is -1.19. The minimum Gasteiger partial charge on any atom is -0.378 e. The molecule has 1 atom stereocenters. The van der Waals surface area contributed by atoms with Crippen molar-refractivity contribution in [3.05, 3.63) is 29.3 Å². The summed E-state index contributed by atoms with van der Waals surface area (Å²) in [5.41, 5.74) is 6.45. The number of primary amides is 1. The molecule has 1 aliphatic rings. The Balaban J connectivity index is 2.09. The molecule has 0 aliphatic carbocycles. The van der Waals surface area contributed by atoms with Gasteiger partial charge in [-0.2, -0.15) is 13.2 Å². The lowest BCUT2D eigenvalue weighted by Crippen LogP contribution is -2.54. The van der Waals surface area contributed by atoms with Crippen molar-refractivity contribution in [1.29, 1.82) is 0 Å². The molecule has 0 spiro atoms. The van der Waals surface area contributed by atoms with Crippen LogP contribution >= 0.6 is 0 Å². The van der Waals surface area contributed by atoms with E-state index in [9.17, 15) is 22.8 Å². The second-order valence-corrected chi connectivity index (χ2v) is 5.56. The Morgan fingerprint density at radius 1 is 1.42 bits per heavy atom. The van der Waals surface area contributed by atoms with Gasteiger partial charge in [0.25, 0.3) is 0 Å². The van der Waals surface area contributed by atoms with Gasteiger partial charge in [-0.3, -0.25) is 14.5 Å². The molecule has 1 aromatic carbocycles. The normalized spacial score (nSPS) is 19.1. The molecule has 1 aliphatic heterocycles. The number of nitrogens with one attached hydrogen (secondary N) is 1. The third-order valence-corrected chi connectivity index (χ3v) is 3.68. The van der Waals surface area contributed by atoms with Crippen molar-refractivity contribution >= 4 is 17.5 Å². The van der Waals surface area contributed by atoms with Crippen molar-refractivity contribution in [3.8, 4) is 0 Å². The third-order valence-electron chi connectivity index (χ3n) is 3.68. The second kappa shape index (κ2) is 7.18. The van der Waals surface area contributed by atoms with Crippen molar-refractivity contribution in [2.45, 2.75) is 19.1 Å². The number of morpholine rings is 1. The van der Waals surface area contributed by atoms with E-state index in [0.717, 1.165) is 4.90 Å². The van der Waals surface area contributed by atoms with E-state index >= 15 is 0 Å². The summed E-state index contributed by atoms with van der Waals surface area (Å²) in [4.78, 5) is 24.5. The molecule has 1 unspecified atom stereocenters. The summed E-state index contributed by atoms with van der Waals surface area (Å²) in [6, 6.07) is 3.44. The molecule has 3 N–H and O–H groups in total. The molecule has 0 aromatic heterocycles. The lowest BCUT2D eigenvalue weighted by molar-refractivity contribution is -0.165. The zero-order valence-electron chi connectivity index (χ0n) is 13.0. The predicted molar refractivity (Wildman–Crippen MR) is 80.6 cm³/mol. The first kappa shape index (κ1) is 18.2. The Morgan fingerprint density at radius 3 is 2.71 bits per heavy atom. The zero-order chi connectivity index (χ0) is 17.9. The third kappa shape index (κ3) is 4.68. The number of alkyl halides is 3. The molecule has 2 amide bonds. The number of amides is 2. The molecule has 0 radical (unpaired) electrons. The van der Waals surface area contributed by atoms with E-state index in [2.05, 4.69) is 5.32 Å². The van der Waals surface area contributed by atoms with Crippen LogP contribution in [-0.2, 0) is 9.53 Å². The van der Waals surface area contributed by atoms with Crippen LogP contribution in [0.1, 0.15) is 15.9 Å². The summed E-state index contributed by atoms with van der Waals surface area (Å²) >= 11 is 0. The van der Waals surface area contributed by atoms with Gasteiger partial charge < -0.3 is 15.8 Å². The van der Waals surface area contributed by atoms with Crippen LogP contribution in [0.2, 0.25) is 0 Å². The van der Waals surface area contributed by atoms with Crippen LogP contribution in [0.5, 0.6) is 0 Å². The molecule has 132 valence electrons. The zero-order valence-corrected chi connectivity index (χ0v) is 13.0. The molecule has 0 saturated carbocycles. The Morgan fingerprint density at radius 2 is 2.12 bits per heavy atom. The van der Waals surface area contributed by atoms with Crippen molar-refractivity contribution in [3.63, 3.8) is 0 Å². The van der Waals surface area contributed by atoms with Gasteiger partial charge in [-0.1, -0.05) is 0 Å². The van der Waals surface area contributed by atoms with Crippen LogP contribution in [0.15, 0.2) is 18.2 Å². The van der Waals surface area contributed by atoms with Gasteiger partial charge in [0.05, 0.1) is 19.8 Å². The number of nitrogens with two attached hydrogens (primary N) is 1. The highest BCUT2D eigenvalue weighted by Crippen LogP contribution is 2.21. The maximum atomic E-state index is 12.6. The number of rotatable bonds is 4. The van der Waals surface area contributed by atoms with E-state index < -0.39 is 30.6 Å². The number of halogens is 3. The number of hydrogen-bond donors (Lipinski definition) is 2. The fourth-order valence-corrected chi connectivity index (χ4v) is 2.54. The molecule has 1 aromatic rings. The number of anilines is 1. The first-order chi connectivity index (χ1) is 11.2. The summed E-state index contributed by atoms with van der Waals surface area (Å²) < 4.78 is 43.0. The van der Waals surface area contributed by atoms with E-state index in [-0.39, 0.29) is 19.8 Å². The molecule has 1 heterocycles. The first-order valence-corrected chi connectivity index (χ1v) is 7.27. The van der Waals surface area contributed by atoms with Crippen LogP contribution in [0.4, 0.5) is 18.9 Å². The smallest absolute Gasteiger partial charge is 0.378 e. The summed E-state index contributed by atoms with van der Waals surface area (Å²) in [6.45, 7) is 0.535. The number of benzene rings is 1. The number of nitrogens with zero attached hydrogens (tertiary/aromatic N) is 1. The van der Waals surface area contributed by atoms with Gasteiger partial charge in [-0.05, 0) is 30.7 Å². The molecule has 6 nitrogen and oxygen atoms in total. The quantitative estimate of drug-likeness (QED) is 0.861. The number of aryl methyl sites for hydroxylation is 1. The van der Waals surface area contributed by atoms with E-state index in [1.807, 2.05) is 0 Å². The molecule has 1 saturated heterocycles. The molecular weight excluding hydrogens is 327 g/mol. The number of carbonyl (C=O) groups excluding carboxylic acids is 2.